The number of benzene rings is 2. The quantitative estimate of drug-likeness (QED) is 0.692. The zero-order valence-electron chi connectivity index (χ0n) is 18.6. The zero-order valence-corrected chi connectivity index (χ0v) is 18.6. The van der Waals surface area contributed by atoms with Crippen molar-refractivity contribution in [1.82, 2.24) is 9.80 Å². The second-order valence-electron chi connectivity index (χ2n) is 8.07. The first-order valence-electron chi connectivity index (χ1n) is 10.9. The van der Waals surface area contributed by atoms with E-state index in [4.69, 9.17) is 14.2 Å². The average molecular weight is 451 g/mol. The minimum Gasteiger partial charge on any atom is -0.493 e. The van der Waals surface area contributed by atoms with Gasteiger partial charge in [0.05, 0.1) is 44.2 Å². The van der Waals surface area contributed by atoms with Gasteiger partial charge in [0.1, 0.15) is 6.17 Å². The maximum atomic E-state index is 13.6. The van der Waals surface area contributed by atoms with Crippen LogP contribution in [0.1, 0.15) is 38.9 Å². The van der Waals surface area contributed by atoms with Crippen molar-refractivity contribution in [3.8, 4) is 11.5 Å². The van der Waals surface area contributed by atoms with Gasteiger partial charge in [0.15, 0.2) is 11.5 Å². The Bertz CT molecular complexity index is 1130. The van der Waals surface area contributed by atoms with Crippen molar-refractivity contribution >= 4 is 23.4 Å². The molecule has 3 aliphatic heterocycles. The van der Waals surface area contributed by atoms with Crippen molar-refractivity contribution in [1.29, 1.82) is 0 Å². The fourth-order valence-corrected chi connectivity index (χ4v) is 4.84. The second-order valence-corrected chi connectivity index (χ2v) is 8.07. The Hall–Kier alpha value is -3.59. The van der Waals surface area contributed by atoms with Gasteiger partial charge in [-0.2, -0.15) is 0 Å². The predicted octanol–water partition coefficient (Wildman–Crippen LogP) is 2.07. The van der Waals surface area contributed by atoms with Crippen LogP contribution in [0.5, 0.6) is 11.5 Å². The minimum atomic E-state index is -0.660. The number of fused-ring (bicyclic) bond motifs is 5. The molecule has 1 atom stereocenters. The van der Waals surface area contributed by atoms with Gasteiger partial charge in [-0.25, -0.2) is 0 Å². The molecule has 1 saturated heterocycles. The number of para-hydroxylation sites is 1. The van der Waals surface area contributed by atoms with E-state index in [1.807, 2.05) is 0 Å². The van der Waals surface area contributed by atoms with Gasteiger partial charge in [-0.3, -0.25) is 19.3 Å². The largest absolute Gasteiger partial charge is 0.493 e. The fraction of sp³-hybridized carbons (Fsp3) is 0.375. The van der Waals surface area contributed by atoms with Gasteiger partial charge in [0, 0.05) is 31.6 Å². The Labute approximate surface area is 191 Å². The lowest BCUT2D eigenvalue weighted by Gasteiger charge is -2.41. The monoisotopic (exact) mass is 451 g/mol. The number of ether oxygens (including phenoxy) is 3. The number of amides is 3. The molecular weight excluding hydrogens is 426 g/mol. The summed E-state index contributed by atoms with van der Waals surface area (Å²) in [5, 5.41) is 0. The maximum absolute atomic E-state index is 13.6. The summed E-state index contributed by atoms with van der Waals surface area (Å²) in [4.78, 5) is 44.9. The predicted molar refractivity (Wildman–Crippen MR) is 119 cm³/mol. The van der Waals surface area contributed by atoms with Crippen LogP contribution in [-0.4, -0.2) is 74.6 Å². The highest BCUT2D eigenvalue weighted by atomic mass is 16.5. The Morgan fingerprint density at radius 1 is 1.03 bits per heavy atom. The van der Waals surface area contributed by atoms with E-state index in [1.165, 1.54) is 14.2 Å². The smallest absolute Gasteiger partial charge is 0.264 e. The molecule has 0 bridgehead atoms. The van der Waals surface area contributed by atoms with E-state index in [0.717, 1.165) is 0 Å². The number of morpholine rings is 1. The topological polar surface area (TPSA) is 88.6 Å². The molecule has 3 amide bonds. The van der Waals surface area contributed by atoms with Gasteiger partial charge in [0.2, 0.25) is 5.91 Å². The molecule has 172 valence electrons. The standard InChI is InChI=1S/C24H25N3O6/c1-31-18-8-7-16-20(21(18)32-2)24(30)27-17-6-4-3-5-15(17)23(29)26(22(16)27)10-9-19(28)25-11-13-33-14-12-25/h3-8,22H,9-14H2,1-2H3. The van der Waals surface area contributed by atoms with E-state index in [1.54, 1.807) is 51.1 Å². The Morgan fingerprint density at radius 2 is 1.79 bits per heavy atom. The molecule has 1 fully saturated rings. The van der Waals surface area contributed by atoms with Gasteiger partial charge in [0.25, 0.3) is 11.8 Å². The van der Waals surface area contributed by atoms with Gasteiger partial charge >= 0.3 is 0 Å². The van der Waals surface area contributed by atoms with Crippen LogP contribution in [0.25, 0.3) is 0 Å². The molecule has 9 nitrogen and oxygen atoms in total. The number of hydrogen-bond donors (Lipinski definition) is 0. The summed E-state index contributed by atoms with van der Waals surface area (Å²) in [6, 6.07) is 10.6. The Morgan fingerprint density at radius 3 is 2.52 bits per heavy atom. The molecule has 0 spiro atoms. The second kappa shape index (κ2) is 8.40. The number of carbonyl (C=O) groups excluding carboxylic acids is 3. The highest BCUT2D eigenvalue weighted by molar-refractivity contribution is 6.18. The summed E-state index contributed by atoms with van der Waals surface area (Å²) in [7, 11) is 3.00. The zero-order chi connectivity index (χ0) is 23.1. The first-order chi connectivity index (χ1) is 16.1. The molecular formula is C24H25N3O6. The third kappa shape index (κ3) is 3.31. The lowest BCUT2D eigenvalue weighted by Crippen LogP contribution is -2.49. The van der Waals surface area contributed by atoms with E-state index in [-0.39, 0.29) is 30.7 Å². The summed E-state index contributed by atoms with van der Waals surface area (Å²) in [5.74, 6) is 0.266. The summed E-state index contributed by atoms with van der Waals surface area (Å²) in [6.45, 7) is 2.31. The van der Waals surface area contributed by atoms with Gasteiger partial charge in [-0.1, -0.05) is 18.2 Å². The lowest BCUT2D eigenvalue weighted by molar-refractivity contribution is -0.135. The van der Waals surface area contributed by atoms with Crippen molar-refractivity contribution in [2.24, 2.45) is 0 Å². The molecule has 2 aromatic carbocycles. The van der Waals surface area contributed by atoms with Crippen molar-refractivity contribution in [3.05, 3.63) is 53.1 Å². The summed E-state index contributed by atoms with van der Waals surface area (Å²) >= 11 is 0. The Kier molecular flexibility index (Phi) is 5.41. The van der Waals surface area contributed by atoms with Gasteiger partial charge < -0.3 is 24.0 Å². The first kappa shape index (κ1) is 21.3. The minimum absolute atomic E-state index is 0.0339. The molecule has 33 heavy (non-hydrogen) atoms. The summed E-state index contributed by atoms with van der Waals surface area (Å²) in [5.41, 5.74) is 2.00. The number of methoxy groups -OCH3 is 2. The molecule has 0 saturated carbocycles. The van der Waals surface area contributed by atoms with E-state index >= 15 is 0 Å². The highest BCUT2D eigenvalue weighted by Crippen LogP contribution is 2.49. The summed E-state index contributed by atoms with van der Waals surface area (Å²) in [6.07, 6.45) is -0.498. The van der Waals surface area contributed by atoms with Gasteiger partial charge in [-0.15, -0.1) is 0 Å². The number of rotatable bonds is 5. The molecule has 3 aliphatic rings. The van der Waals surface area contributed by atoms with Crippen molar-refractivity contribution in [3.63, 3.8) is 0 Å². The number of anilines is 1. The number of nitrogens with zero attached hydrogens (tertiary/aromatic N) is 3. The number of hydrogen-bond acceptors (Lipinski definition) is 6. The van der Waals surface area contributed by atoms with Crippen molar-refractivity contribution in [2.75, 3.05) is 52.0 Å². The van der Waals surface area contributed by atoms with E-state index in [0.29, 0.717) is 60.2 Å². The van der Waals surface area contributed by atoms with Crippen LogP contribution in [0, 0.1) is 0 Å². The molecule has 3 heterocycles. The van der Waals surface area contributed by atoms with Crippen molar-refractivity contribution < 1.29 is 28.6 Å². The van der Waals surface area contributed by atoms with Crippen LogP contribution in [0.4, 0.5) is 5.69 Å². The van der Waals surface area contributed by atoms with Crippen LogP contribution in [-0.2, 0) is 9.53 Å². The van der Waals surface area contributed by atoms with Crippen molar-refractivity contribution in [2.45, 2.75) is 12.6 Å². The molecule has 0 N–H and O–H groups in total. The van der Waals surface area contributed by atoms with Crippen LogP contribution in [0.3, 0.4) is 0 Å². The fourth-order valence-electron chi connectivity index (χ4n) is 4.84. The van der Waals surface area contributed by atoms with Crippen LogP contribution < -0.4 is 14.4 Å². The summed E-state index contributed by atoms with van der Waals surface area (Å²) < 4.78 is 16.2. The van der Waals surface area contributed by atoms with Crippen LogP contribution in [0.2, 0.25) is 0 Å². The molecule has 9 heteroatoms. The average Bonchev–Trinajstić information content (AvgIpc) is 3.16. The normalized spacial score (nSPS) is 19.2. The SMILES string of the molecule is COc1ccc2c(c1OC)C(=O)N1c3ccccc3C(=O)N(CCC(=O)N3CCOCC3)C21. The lowest BCUT2D eigenvalue weighted by atomic mass is 10.0. The first-order valence-corrected chi connectivity index (χ1v) is 10.9. The van der Waals surface area contributed by atoms with E-state index < -0.39 is 6.17 Å². The van der Waals surface area contributed by atoms with E-state index in [2.05, 4.69) is 0 Å². The molecule has 1 unspecified atom stereocenters. The van der Waals surface area contributed by atoms with E-state index in [9.17, 15) is 14.4 Å². The van der Waals surface area contributed by atoms with Crippen LogP contribution >= 0.6 is 0 Å². The van der Waals surface area contributed by atoms with Gasteiger partial charge in [-0.05, 0) is 18.2 Å². The molecule has 0 radical (unpaired) electrons. The molecule has 5 rings (SSSR count). The third-order valence-corrected chi connectivity index (χ3v) is 6.41. The third-order valence-electron chi connectivity index (χ3n) is 6.41. The highest BCUT2D eigenvalue weighted by Gasteiger charge is 2.49. The Balaban J connectivity index is 1.55. The maximum Gasteiger partial charge on any atom is 0.264 e. The number of carbonyl (C=O) groups is 3. The van der Waals surface area contributed by atoms with Crippen LogP contribution in [0.15, 0.2) is 36.4 Å². The molecule has 0 aromatic heterocycles. The molecule has 2 aromatic rings. The molecule has 0 aliphatic carbocycles.